The van der Waals surface area contributed by atoms with Crippen LogP contribution in [0.5, 0.6) is 0 Å². The Labute approximate surface area is 64.6 Å². The van der Waals surface area contributed by atoms with E-state index in [1.165, 1.54) is 5.57 Å². The maximum atomic E-state index is 3.75. The lowest BCUT2D eigenvalue weighted by molar-refractivity contribution is 0.779. The quantitative estimate of drug-likeness (QED) is 0.524. The van der Waals surface area contributed by atoms with Gasteiger partial charge >= 0.3 is 0 Å². The highest BCUT2D eigenvalue weighted by Gasteiger charge is 1.98. The summed E-state index contributed by atoms with van der Waals surface area (Å²) < 4.78 is 0. The molecular formula is C10H18. The summed E-state index contributed by atoms with van der Waals surface area (Å²) in [5, 5.41) is 0. The van der Waals surface area contributed by atoms with Crippen LogP contribution < -0.4 is 0 Å². The van der Waals surface area contributed by atoms with Gasteiger partial charge in [0.25, 0.3) is 0 Å². The average molecular weight is 138 g/mol. The van der Waals surface area contributed by atoms with E-state index in [0.29, 0.717) is 11.8 Å². The first-order valence-electron chi connectivity index (χ1n) is 3.88. The molecule has 0 saturated carbocycles. The first-order chi connectivity index (χ1) is 4.57. The molecule has 0 bridgehead atoms. The van der Waals surface area contributed by atoms with Crippen molar-refractivity contribution in [2.24, 2.45) is 11.8 Å². The highest BCUT2D eigenvalue weighted by Crippen LogP contribution is 2.12. The summed E-state index contributed by atoms with van der Waals surface area (Å²) in [5.74, 6) is 1.18. The number of hydrogen-bond donors (Lipinski definition) is 0. The molecule has 0 spiro atoms. The van der Waals surface area contributed by atoms with E-state index in [0.717, 1.165) is 0 Å². The van der Waals surface area contributed by atoms with Crippen molar-refractivity contribution in [2.45, 2.75) is 27.7 Å². The molecule has 58 valence electrons. The lowest BCUT2D eigenvalue weighted by Gasteiger charge is -2.07. The largest absolute Gasteiger partial charge is 0.102 e. The lowest BCUT2D eigenvalue weighted by Crippen LogP contribution is -1.92. The zero-order chi connectivity index (χ0) is 8.15. The number of rotatable bonds is 3. The third-order valence-electron chi connectivity index (χ3n) is 1.67. The first kappa shape index (κ1) is 9.48. The van der Waals surface area contributed by atoms with Crippen molar-refractivity contribution in [3.05, 3.63) is 24.3 Å². The topological polar surface area (TPSA) is 0 Å². The Balaban J connectivity index is 4.04. The third kappa shape index (κ3) is 3.49. The molecule has 0 heteroatoms. The molecule has 1 atom stereocenters. The van der Waals surface area contributed by atoms with E-state index < -0.39 is 0 Å². The third-order valence-corrected chi connectivity index (χ3v) is 1.67. The van der Waals surface area contributed by atoms with Crippen LogP contribution in [0.4, 0.5) is 0 Å². The summed E-state index contributed by atoms with van der Waals surface area (Å²) in [5.41, 5.74) is 1.42. The summed E-state index contributed by atoms with van der Waals surface area (Å²) in [6.45, 7) is 12.5. The SMILES string of the molecule is C=CC(C)C(C)=CC(C)C. The Morgan fingerprint density at radius 3 is 2.10 bits per heavy atom. The zero-order valence-electron chi connectivity index (χ0n) is 7.52. The van der Waals surface area contributed by atoms with Crippen molar-refractivity contribution in [2.75, 3.05) is 0 Å². The van der Waals surface area contributed by atoms with Crippen LogP contribution in [0.1, 0.15) is 27.7 Å². The van der Waals surface area contributed by atoms with Gasteiger partial charge in [0.1, 0.15) is 0 Å². The van der Waals surface area contributed by atoms with Gasteiger partial charge in [0.2, 0.25) is 0 Å². The Hall–Kier alpha value is -0.520. The van der Waals surface area contributed by atoms with Gasteiger partial charge in [0.05, 0.1) is 0 Å². The normalized spacial score (nSPS) is 15.5. The Morgan fingerprint density at radius 2 is 1.80 bits per heavy atom. The first-order valence-corrected chi connectivity index (χ1v) is 3.88. The van der Waals surface area contributed by atoms with Crippen LogP contribution in [0.3, 0.4) is 0 Å². The molecule has 10 heavy (non-hydrogen) atoms. The highest BCUT2D eigenvalue weighted by molar-refractivity contribution is 5.08. The van der Waals surface area contributed by atoms with Gasteiger partial charge in [-0.15, -0.1) is 6.58 Å². The molecule has 0 nitrogen and oxygen atoms in total. The van der Waals surface area contributed by atoms with E-state index >= 15 is 0 Å². The minimum atomic E-state index is 0.530. The van der Waals surface area contributed by atoms with E-state index in [1.807, 2.05) is 6.08 Å². The van der Waals surface area contributed by atoms with Crippen molar-refractivity contribution < 1.29 is 0 Å². The highest BCUT2D eigenvalue weighted by atomic mass is 14.0. The molecule has 0 saturated heterocycles. The van der Waals surface area contributed by atoms with Crippen LogP contribution >= 0.6 is 0 Å². The van der Waals surface area contributed by atoms with Crippen LogP contribution in [-0.4, -0.2) is 0 Å². The predicted octanol–water partition coefficient (Wildman–Crippen LogP) is 3.41. The van der Waals surface area contributed by atoms with E-state index in [1.54, 1.807) is 0 Å². The summed E-state index contributed by atoms with van der Waals surface area (Å²) in [7, 11) is 0. The number of hydrogen-bond acceptors (Lipinski definition) is 0. The molecule has 0 N–H and O–H groups in total. The van der Waals surface area contributed by atoms with Crippen LogP contribution in [0, 0.1) is 11.8 Å². The lowest BCUT2D eigenvalue weighted by atomic mass is 9.99. The fourth-order valence-corrected chi connectivity index (χ4v) is 0.863. The maximum Gasteiger partial charge on any atom is -0.00570 e. The number of allylic oxidation sites excluding steroid dienone is 3. The predicted molar refractivity (Wildman–Crippen MR) is 48.0 cm³/mol. The van der Waals surface area contributed by atoms with Crippen molar-refractivity contribution in [1.29, 1.82) is 0 Å². The second-order valence-electron chi connectivity index (χ2n) is 3.18. The molecule has 0 aromatic heterocycles. The van der Waals surface area contributed by atoms with Crippen molar-refractivity contribution in [3.8, 4) is 0 Å². The monoisotopic (exact) mass is 138 g/mol. The fourth-order valence-electron chi connectivity index (χ4n) is 0.863. The van der Waals surface area contributed by atoms with Gasteiger partial charge in [-0.2, -0.15) is 0 Å². The van der Waals surface area contributed by atoms with Gasteiger partial charge in [-0.3, -0.25) is 0 Å². The molecular weight excluding hydrogens is 120 g/mol. The second kappa shape index (κ2) is 4.32. The van der Waals surface area contributed by atoms with Gasteiger partial charge in [-0.25, -0.2) is 0 Å². The summed E-state index contributed by atoms with van der Waals surface area (Å²) in [6.07, 6.45) is 4.26. The maximum absolute atomic E-state index is 3.75. The molecule has 0 heterocycles. The van der Waals surface area contributed by atoms with Crippen LogP contribution in [0.2, 0.25) is 0 Å². The standard InChI is InChI=1S/C10H18/c1-6-9(4)10(5)7-8(2)3/h6-9H,1H2,2-5H3. The Morgan fingerprint density at radius 1 is 1.30 bits per heavy atom. The summed E-state index contributed by atoms with van der Waals surface area (Å²) in [6, 6.07) is 0. The molecule has 0 amide bonds. The van der Waals surface area contributed by atoms with Crippen molar-refractivity contribution in [3.63, 3.8) is 0 Å². The average Bonchev–Trinajstić information content (AvgIpc) is 1.85. The van der Waals surface area contributed by atoms with Gasteiger partial charge in [-0.1, -0.05) is 38.5 Å². The molecule has 0 aliphatic carbocycles. The molecule has 0 rings (SSSR count). The van der Waals surface area contributed by atoms with E-state index in [-0.39, 0.29) is 0 Å². The molecule has 0 fully saturated rings. The van der Waals surface area contributed by atoms with Crippen LogP contribution in [0.15, 0.2) is 24.3 Å². The second-order valence-corrected chi connectivity index (χ2v) is 3.18. The molecule has 0 aliphatic heterocycles. The zero-order valence-corrected chi connectivity index (χ0v) is 7.52. The van der Waals surface area contributed by atoms with Gasteiger partial charge in [0.15, 0.2) is 0 Å². The van der Waals surface area contributed by atoms with E-state index in [4.69, 9.17) is 0 Å². The molecule has 0 aromatic carbocycles. The molecule has 1 unspecified atom stereocenters. The molecule has 0 radical (unpaired) electrons. The Kier molecular flexibility index (Phi) is 4.10. The van der Waals surface area contributed by atoms with E-state index in [2.05, 4.69) is 40.3 Å². The summed E-state index contributed by atoms with van der Waals surface area (Å²) in [4.78, 5) is 0. The molecule has 0 aromatic rings. The minimum Gasteiger partial charge on any atom is -0.102 e. The summed E-state index contributed by atoms with van der Waals surface area (Å²) >= 11 is 0. The van der Waals surface area contributed by atoms with Gasteiger partial charge < -0.3 is 0 Å². The van der Waals surface area contributed by atoms with Crippen molar-refractivity contribution in [1.82, 2.24) is 0 Å². The Bertz CT molecular complexity index is 129. The van der Waals surface area contributed by atoms with Crippen LogP contribution in [0.25, 0.3) is 0 Å². The minimum absolute atomic E-state index is 0.530. The van der Waals surface area contributed by atoms with Crippen LogP contribution in [-0.2, 0) is 0 Å². The smallest absolute Gasteiger partial charge is 0.00570 e. The van der Waals surface area contributed by atoms with Gasteiger partial charge in [-0.05, 0) is 18.8 Å². The van der Waals surface area contributed by atoms with Crippen molar-refractivity contribution >= 4 is 0 Å². The van der Waals surface area contributed by atoms with E-state index in [9.17, 15) is 0 Å². The molecule has 0 aliphatic rings. The fraction of sp³-hybridized carbons (Fsp3) is 0.600. The van der Waals surface area contributed by atoms with Gasteiger partial charge in [0, 0.05) is 0 Å².